The molecule has 0 aromatic carbocycles. The number of nitrogens with zero attached hydrogens (tertiary/aromatic N) is 4. The Balaban J connectivity index is 4.52. The molecule has 0 spiro atoms. The summed E-state index contributed by atoms with van der Waals surface area (Å²) in [5.74, 6) is 0. The molecule has 0 saturated heterocycles. The molecule has 0 amide bonds. The molecule has 0 aliphatic carbocycles. The lowest BCUT2D eigenvalue weighted by molar-refractivity contribution is 1.00. The fourth-order valence-electron chi connectivity index (χ4n) is 1.54. The number of rotatable bonds is 7. The molecule has 0 bridgehead atoms. The summed E-state index contributed by atoms with van der Waals surface area (Å²) in [5.41, 5.74) is 21.5. The summed E-state index contributed by atoms with van der Waals surface area (Å²) in [7, 11) is 0. The van der Waals surface area contributed by atoms with Crippen LogP contribution >= 0.6 is 36.7 Å². The average molecular weight is 402 g/mol. The van der Waals surface area contributed by atoms with Gasteiger partial charge in [-0.3, -0.25) is 16.3 Å². The van der Waals surface area contributed by atoms with Crippen molar-refractivity contribution in [1.29, 1.82) is 0 Å². The van der Waals surface area contributed by atoms with Crippen molar-refractivity contribution in [2.75, 3.05) is 0 Å². The van der Waals surface area contributed by atoms with Crippen molar-refractivity contribution >= 4 is 74.8 Å². The smallest absolute Gasteiger partial charge is 0.213 e. The number of hydrogen-bond donors (Lipinski definition) is 5. The van der Waals surface area contributed by atoms with E-state index in [9.17, 15) is 0 Å². The molecule has 0 rings (SSSR count). The van der Waals surface area contributed by atoms with Crippen LogP contribution in [0.2, 0.25) is 0 Å². The van der Waals surface area contributed by atoms with Gasteiger partial charge in [0.05, 0.1) is 0 Å². The molecule has 0 fully saturated rings. The summed E-state index contributed by atoms with van der Waals surface area (Å²) >= 11 is 14.5. The van der Waals surface area contributed by atoms with Gasteiger partial charge in [0, 0.05) is 35.7 Å². The van der Waals surface area contributed by atoms with Crippen molar-refractivity contribution in [2.45, 2.75) is 40.5 Å². The van der Waals surface area contributed by atoms with E-state index < -0.39 is 0 Å². The van der Waals surface area contributed by atoms with Crippen LogP contribution in [0.4, 0.5) is 0 Å². The van der Waals surface area contributed by atoms with Crippen LogP contribution in [0.3, 0.4) is 0 Å². The van der Waals surface area contributed by atoms with Crippen molar-refractivity contribution < 1.29 is 0 Å². The summed E-state index contributed by atoms with van der Waals surface area (Å²) in [6, 6.07) is 0. The summed E-state index contributed by atoms with van der Waals surface area (Å²) in [6.07, 6.45) is 1.06. The number of hydrazone groups is 3. The highest BCUT2D eigenvalue weighted by Gasteiger charge is 2.00. The van der Waals surface area contributed by atoms with Crippen LogP contribution in [0.1, 0.15) is 40.5 Å². The van der Waals surface area contributed by atoms with E-state index in [0.29, 0.717) is 12.8 Å². The predicted molar refractivity (Wildman–Crippen MR) is 117 cm³/mol. The van der Waals surface area contributed by atoms with E-state index in [2.05, 4.69) is 61.0 Å². The van der Waals surface area contributed by atoms with Crippen molar-refractivity contribution in [3.8, 4) is 0 Å². The highest BCUT2D eigenvalue weighted by Crippen LogP contribution is 1.93. The second kappa shape index (κ2) is 12.3. The number of hydrogen-bond acceptors (Lipinski definition) is 6. The Hall–Kier alpha value is -2.05. The van der Waals surface area contributed by atoms with Crippen molar-refractivity contribution in [2.24, 2.45) is 31.8 Å². The molecule has 138 valence electrons. The van der Waals surface area contributed by atoms with E-state index in [1.54, 1.807) is 0 Å². The molecule has 0 unspecified atom stereocenters. The van der Waals surface area contributed by atoms with E-state index in [1.165, 1.54) is 0 Å². The molecule has 25 heavy (non-hydrogen) atoms. The van der Waals surface area contributed by atoms with E-state index in [0.717, 1.165) is 22.8 Å². The van der Waals surface area contributed by atoms with Crippen LogP contribution in [0.25, 0.3) is 0 Å². The normalized spacial score (nSPS) is 13.3. The lowest BCUT2D eigenvalue weighted by Crippen LogP contribution is -2.25. The average Bonchev–Trinajstić information content (AvgIpc) is 2.48. The quantitative estimate of drug-likeness (QED) is 0.241. The van der Waals surface area contributed by atoms with E-state index in [4.69, 9.17) is 23.7 Å². The van der Waals surface area contributed by atoms with Crippen LogP contribution in [0.15, 0.2) is 20.3 Å². The number of aliphatic imine (C=N–C) groups is 1. The minimum Gasteiger partial charge on any atom is -0.375 e. The van der Waals surface area contributed by atoms with Gasteiger partial charge in [0.15, 0.2) is 10.2 Å². The zero-order valence-electron chi connectivity index (χ0n) is 14.6. The third kappa shape index (κ3) is 14.0. The fourth-order valence-corrected chi connectivity index (χ4v) is 1.83. The van der Waals surface area contributed by atoms with Crippen molar-refractivity contribution in [3.05, 3.63) is 0 Å². The Kier molecular flexibility index (Phi) is 11.3. The summed E-state index contributed by atoms with van der Waals surface area (Å²) in [6.45, 7) is 7.33. The van der Waals surface area contributed by atoms with Gasteiger partial charge in [-0.15, -0.1) is 0 Å². The first kappa shape index (κ1) is 22.9. The van der Waals surface area contributed by atoms with Crippen LogP contribution in [-0.2, 0) is 0 Å². The van der Waals surface area contributed by atoms with Gasteiger partial charge in [-0.05, 0) is 64.3 Å². The number of nitrogens with two attached hydrogens (primary N) is 2. The Bertz CT molecular complexity index is 635. The van der Waals surface area contributed by atoms with Gasteiger partial charge in [-0.2, -0.15) is 15.3 Å². The summed E-state index contributed by atoms with van der Waals surface area (Å²) < 4.78 is 0. The zero-order chi connectivity index (χ0) is 19.4. The first-order valence-corrected chi connectivity index (χ1v) is 8.37. The third-order valence-corrected chi connectivity index (χ3v) is 2.74. The summed E-state index contributed by atoms with van der Waals surface area (Å²) in [4.78, 5) is 4.24. The zero-order valence-corrected chi connectivity index (χ0v) is 17.0. The predicted octanol–water partition coefficient (Wildman–Crippen LogP) is 0.896. The van der Waals surface area contributed by atoms with Crippen molar-refractivity contribution in [1.82, 2.24) is 16.3 Å². The van der Waals surface area contributed by atoms with Gasteiger partial charge in [-0.25, -0.2) is 4.99 Å². The molecule has 7 N–H and O–H groups in total. The van der Waals surface area contributed by atoms with Crippen LogP contribution in [0.5, 0.6) is 0 Å². The number of thiocarbonyl (C=S) groups is 3. The molecule has 0 atom stereocenters. The molecule has 0 aliphatic heterocycles. The molecule has 0 aliphatic rings. The molecule has 0 aromatic rings. The van der Waals surface area contributed by atoms with Crippen molar-refractivity contribution in [3.63, 3.8) is 0 Å². The SMILES string of the molecule is C/C(C/C(C)=N/NC(=S)/N=C(\C)C/C(C)=N/NC(N)=S)=N\NC(N)=S. The van der Waals surface area contributed by atoms with Gasteiger partial charge >= 0.3 is 0 Å². The third-order valence-electron chi connectivity index (χ3n) is 2.37. The van der Waals surface area contributed by atoms with Crippen LogP contribution < -0.4 is 27.7 Å². The molecular formula is C13H23N9S3. The monoisotopic (exact) mass is 401 g/mol. The van der Waals surface area contributed by atoms with Gasteiger partial charge in [-0.1, -0.05) is 0 Å². The second-order valence-corrected chi connectivity index (χ2v) is 6.38. The molecular weight excluding hydrogens is 378 g/mol. The maximum absolute atomic E-state index is 5.30. The van der Waals surface area contributed by atoms with Gasteiger partial charge in [0.25, 0.3) is 0 Å². The first-order chi connectivity index (χ1) is 11.6. The molecule has 12 heteroatoms. The second-order valence-electron chi connectivity index (χ2n) is 5.11. The van der Waals surface area contributed by atoms with E-state index in [-0.39, 0.29) is 15.3 Å². The lowest BCUT2D eigenvalue weighted by atomic mass is 10.2. The molecule has 0 saturated carbocycles. The summed E-state index contributed by atoms with van der Waals surface area (Å²) in [5, 5.41) is 12.6. The maximum atomic E-state index is 5.30. The number of nitrogens with one attached hydrogen (secondary N) is 3. The standard InChI is InChI=1S/C13H23N9S3/c1-7(5-8(2)17-20-11(14)23)16-13(25)22-19-10(4)6-9(3)18-21-12(15)24/h5-6H2,1-4H3,(H,22,25)(H3,14,20,23)(H3,15,21,24)/b16-7+,17-8+,18-9+,19-10+. The van der Waals surface area contributed by atoms with Crippen LogP contribution in [0, 0.1) is 0 Å². The fraction of sp³-hybridized carbons (Fsp3) is 0.462. The largest absolute Gasteiger partial charge is 0.375 e. The maximum Gasteiger partial charge on any atom is 0.213 e. The molecule has 9 nitrogen and oxygen atoms in total. The lowest BCUT2D eigenvalue weighted by Gasteiger charge is -2.04. The minimum atomic E-state index is 0.110. The Morgan fingerprint density at radius 1 is 0.680 bits per heavy atom. The molecule has 0 radical (unpaired) electrons. The highest BCUT2D eigenvalue weighted by atomic mass is 32.1. The van der Waals surface area contributed by atoms with E-state index >= 15 is 0 Å². The van der Waals surface area contributed by atoms with Gasteiger partial charge in [0.1, 0.15) is 0 Å². The van der Waals surface area contributed by atoms with E-state index in [1.807, 2.05) is 27.7 Å². The van der Waals surface area contributed by atoms with Gasteiger partial charge in [0.2, 0.25) is 5.11 Å². The molecule has 0 heterocycles. The first-order valence-electron chi connectivity index (χ1n) is 7.14. The Morgan fingerprint density at radius 3 is 1.44 bits per heavy atom. The Labute approximate surface area is 163 Å². The highest BCUT2D eigenvalue weighted by molar-refractivity contribution is 7.80. The molecule has 0 aromatic heterocycles. The topological polar surface area (TPSA) is 138 Å². The van der Waals surface area contributed by atoms with Crippen LogP contribution in [-0.4, -0.2) is 38.2 Å². The Morgan fingerprint density at radius 2 is 1.04 bits per heavy atom. The minimum absolute atomic E-state index is 0.110. The van der Waals surface area contributed by atoms with Gasteiger partial charge < -0.3 is 11.5 Å².